The van der Waals surface area contributed by atoms with Gasteiger partial charge in [-0.3, -0.25) is 9.59 Å². The van der Waals surface area contributed by atoms with Crippen molar-refractivity contribution in [2.24, 2.45) is 0 Å². The summed E-state index contributed by atoms with van der Waals surface area (Å²) in [6.45, 7) is 4.19. The molecule has 0 radical (unpaired) electrons. The monoisotopic (exact) mass is 249 g/mol. The minimum absolute atomic E-state index is 0.00414. The fourth-order valence-corrected chi connectivity index (χ4v) is 1.69. The van der Waals surface area contributed by atoms with Crippen LogP contribution >= 0.6 is 0 Å². The topological polar surface area (TPSA) is 66.4 Å². The number of hydrogen-bond donors (Lipinski definition) is 2. The Morgan fingerprint density at radius 2 is 1.94 bits per heavy atom. The van der Waals surface area contributed by atoms with Gasteiger partial charge in [0.15, 0.2) is 0 Å². The van der Waals surface area contributed by atoms with Gasteiger partial charge in [-0.15, -0.1) is 0 Å². The van der Waals surface area contributed by atoms with Crippen LogP contribution in [0.2, 0.25) is 0 Å². The van der Waals surface area contributed by atoms with Crippen molar-refractivity contribution in [3.8, 4) is 0 Å². The van der Waals surface area contributed by atoms with Crippen LogP contribution in [-0.2, 0) is 9.59 Å². The van der Waals surface area contributed by atoms with Gasteiger partial charge in [0, 0.05) is 12.1 Å². The molecule has 1 atom stereocenters. The third-order valence-corrected chi connectivity index (χ3v) is 2.94. The van der Waals surface area contributed by atoms with E-state index in [-0.39, 0.29) is 18.7 Å². The third kappa shape index (κ3) is 4.20. The highest BCUT2D eigenvalue weighted by atomic mass is 16.4. The standard InChI is InChI=1S/C14H19NO3/c1-3-10(2)11-6-4-5-7-12(11)15-13(16)8-9-14(17)18/h4-7,10H,3,8-9H2,1-2H3,(H,15,16)(H,17,18)/t10-/m1/s1. The molecule has 0 bridgehead atoms. The highest BCUT2D eigenvalue weighted by Crippen LogP contribution is 2.26. The lowest BCUT2D eigenvalue weighted by Crippen LogP contribution is -2.14. The third-order valence-electron chi connectivity index (χ3n) is 2.94. The van der Waals surface area contributed by atoms with Crippen LogP contribution in [0.5, 0.6) is 0 Å². The van der Waals surface area contributed by atoms with Gasteiger partial charge in [0.05, 0.1) is 6.42 Å². The molecule has 0 heterocycles. The SMILES string of the molecule is CC[C@@H](C)c1ccccc1NC(=O)CCC(=O)O. The lowest BCUT2D eigenvalue weighted by Gasteiger charge is -2.15. The van der Waals surface area contributed by atoms with E-state index in [4.69, 9.17) is 5.11 Å². The number of para-hydroxylation sites is 1. The van der Waals surface area contributed by atoms with Gasteiger partial charge < -0.3 is 10.4 Å². The summed E-state index contributed by atoms with van der Waals surface area (Å²) in [6, 6.07) is 7.63. The first-order valence-corrected chi connectivity index (χ1v) is 6.15. The Balaban J connectivity index is 2.72. The van der Waals surface area contributed by atoms with Crippen LogP contribution in [0.25, 0.3) is 0 Å². The van der Waals surface area contributed by atoms with Gasteiger partial charge in [-0.1, -0.05) is 32.0 Å². The number of anilines is 1. The second-order valence-corrected chi connectivity index (χ2v) is 4.34. The number of rotatable bonds is 6. The molecule has 1 rings (SSSR count). The smallest absolute Gasteiger partial charge is 0.303 e. The van der Waals surface area contributed by atoms with Crippen LogP contribution < -0.4 is 5.32 Å². The van der Waals surface area contributed by atoms with Gasteiger partial charge in [-0.25, -0.2) is 0 Å². The van der Waals surface area contributed by atoms with Gasteiger partial charge in [0.2, 0.25) is 5.91 Å². The van der Waals surface area contributed by atoms with Crippen LogP contribution in [-0.4, -0.2) is 17.0 Å². The Morgan fingerprint density at radius 1 is 1.28 bits per heavy atom. The summed E-state index contributed by atoms with van der Waals surface area (Å²) in [7, 11) is 0. The van der Waals surface area contributed by atoms with E-state index in [0.29, 0.717) is 5.92 Å². The molecule has 0 fully saturated rings. The lowest BCUT2D eigenvalue weighted by molar-refractivity contribution is -0.138. The Hall–Kier alpha value is -1.84. The molecule has 0 aliphatic carbocycles. The number of amides is 1. The average molecular weight is 249 g/mol. The van der Waals surface area contributed by atoms with E-state index < -0.39 is 5.97 Å². The van der Waals surface area contributed by atoms with Crippen LogP contribution in [0.1, 0.15) is 44.6 Å². The molecule has 0 aliphatic rings. The zero-order chi connectivity index (χ0) is 13.5. The summed E-state index contributed by atoms with van der Waals surface area (Å²) in [4.78, 5) is 22.0. The van der Waals surface area contributed by atoms with E-state index in [2.05, 4.69) is 19.2 Å². The maximum Gasteiger partial charge on any atom is 0.303 e. The fourth-order valence-electron chi connectivity index (χ4n) is 1.69. The molecule has 1 amide bonds. The number of hydrogen-bond acceptors (Lipinski definition) is 2. The maximum absolute atomic E-state index is 11.6. The van der Waals surface area contributed by atoms with Crippen LogP contribution in [0.4, 0.5) is 5.69 Å². The molecule has 0 unspecified atom stereocenters. The number of carbonyl (C=O) groups is 2. The number of carbonyl (C=O) groups excluding carboxylic acids is 1. The second kappa shape index (κ2) is 6.79. The lowest BCUT2D eigenvalue weighted by atomic mass is 9.97. The van der Waals surface area contributed by atoms with Gasteiger partial charge in [0.25, 0.3) is 0 Å². The number of benzene rings is 1. The van der Waals surface area contributed by atoms with Crippen LogP contribution in [0, 0.1) is 0 Å². The predicted molar refractivity (Wildman–Crippen MR) is 70.6 cm³/mol. The number of carboxylic acid groups (broad SMARTS) is 1. The second-order valence-electron chi connectivity index (χ2n) is 4.34. The van der Waals surface area contributed by atoms with Gasteiger partial charge in [-0.05, 0) is 24.0 Å². The summed E-state index contributed by atoms with van der Waals surface area (Å²) < 4.78 is 0. The molecule has 1 aromatic carbocycles. The number of carboxylic acids is 1. The average Bonchev–Trinajstić information content (AvgIpc) is 2.36. The van der Waals surface area contributed by atoms with Crippen molar-refractivity contribution in [2.75, 3.05) is 5.32 Å². The summed E-state index contributed by atoms with van der Waals surface area (Å²) in [5.74, 6) is -0.852. The van der Waals surface area contributed by atoms with E-state index >= 15 is 0 Å². The molecular weight excluding hydrogens is 230 g/mol. The predicted octanol–water partition coefficient (Wildman–Crippen LogP) is 3.00. The van der Waals surface area contributed by atoms with E-state index in [0.717, 1.165) is 17.7 Å². The molecule has 0 aliphatic heterocycles. The van der Waals surface area contributed by atoms with Crippen molar-refractivity contribution in [3.05, 3.63) is 29.8 Å². The van der Waals surface area contributed by atoms with Gasteiger partial charge in [0.1, 0.15) is 0 Å². The molecule has 0 aromatic heterocycles. The quantitative estimate of drug-likeness (QED) is 0.814. The minimum atomic E-state index is -0.958. The Kier molecular flexibility index (Phi) is 5.36. The van der Waals surface area contributed by atoms with Crippen molar-refractivity contribution in [3.63, 3.8) is 0 Å². The highest BCUT2D eigenvalue weighted by Gasteiger charge is 2.11. The molecule has 98 valence electrons. The molecule has 0 spiro atoms. The van der Waals surface area contributed by atoms with Crippen molar-refractivity contribution in [1.29, 1.82) is 0 Å². The molecule has 4 nitrogen and oxygen atoms in total. The first-order valence-electron chi connectivity index (χ1n) is 6.15. The van der Waals surface area contributed by atoms with Gasteiger partial charge in [-0.2, -0.15) is 0 Å². The molecule has 1 aromatic rings. The summed E-state index contributed by atoms with van der Waals surface area (Å²) in [5, 5.41) is 11.3. The van der Waals surface area contributed by atoms with Crippen LogP contribution in [0.15, 0.2) is 24.3 Å². The maximum atomic E-state index is 11.6. The largest absolute Gasteiger partial charge is 0.481 e. The molecule has 4 heteroatoms. The van der Waals surface area contributed by atoms with E-state index in [9.17, 15) is 9.59 Å². The summed E-state index contributed by atoms with van der Waals surface area (Å²) in [5.41, 5.74) is 1.87. The Bertz CT molecular complexity index is 429. The Labute approximate surface area is 107 Å². The molecule has 0 saturated heterocycles. The first-order chi connectivity index (χ1) is 8.54. The number of aliphatic carboxylic acids is 1. The normalized spacial score (nSPS) is 11.9. The first kappa shape index (κ1) is 14.2. The van der Waals surface area contributed by atoms with Crippen molar-refractivity contribution < 1.29 is 14.7 Å². The van der Waals surface area contributed by atoms with Crippen molar-refractivity contribution in [2.45, 2.75) is 39.0 Å². The summed E-state index contributed by atoms with van der Waals surface area (Å²) >= 11 is 0. The van der Waals surface area contributed by atoms with Crippen molar-refractivity contribution >= 4 is 17.6 Å². The molecular formula is C14H19NO3. The molecule has 0 saturated carbocycles. The highest BCUT2D eigenvalue weighted by molar-refractivity contribution is 5.93. The van der Waals surface area contributed by atoms with E-state index in [1.165, 1.54) is 0 Å². The molecule has 2 N–H and O–H groups in total. The Morgan fingerprint density at radius 3 is 2.56 bits per heavy atom. The zero-order valence-electron chi connectivity index (χ0n) is 10.8. The zero-order valence-corrected chi connectivity index (χ0v) is 10.8. The van der Waals surface area contributed by atoms with E-state index in [1.807, 2.05) is 24.3 Å². The van der Waals surface area contributed by atoms with Crippen molar-refractivity contribution in [1.82, 2.24) is 0 Å². The fraction of sp³-hybridized carbons (Fsp3) is 0.429. The van der Waals surface area contributed by atoms with Crippen LogP contribution in [0.3, 0.4) is 0 Å². The molecule has 18 heavy (non-hydrogen) atoms. The van der Waals surface area contributed by atoms with E-state index in [1.54, 1.807) is 0 Å². The minimum Gasteiger partial charge on any atom is -0.481 e. The summed E-state index contributed by atoms with van der Waals surface area (Å²) in [6.07, 6.45) is 0.851. The van der Waals surface area contributed by atoms with Gasteiger partial charge >= 0.3 is 5.97 Å². The number of nitrogens with one attached hydrogen (secondary N) is 1.